The Bertz CT molecular complexity index is 397. The topological polar surface area (TPSA) is 18.5 Å². The van der Waals surface area contributed by atoms with E-state index in [0.29, 0.717) is 0 Å². The molecule has 1 aromatic rings. The largest absolute Gasteiger partial charge is 0.314 e. The van der Waals surface area contributed by atoms with E-state index in [1.165, 1.54) is 0 Å². The number of rotatable bonds is 4. The van der Waals surface area contributed by atoms with Gasteiger partial charge >= 0.3 is 0 Å². The Morgan fingerprint density at radius 1 is 1.21 bits per heavy atom. The van der Waals surface area contributed by atoms with Gasteiger partial charge in [0.1, 0.15) is 0 Å². The van der Waals surface area contributed by atoms with Gasteiger partial charge in [0.2, 0.25) is 0 Å². The number of halogens is 2. The summed E-state index contributed by atoms with van der Waals surface area (Å²) in [7, 11) is 4.17. The van der Waals surface area contributed by atoms with E-state index in [1.807, 2.05) is 18.2 Å². The standard InChI is InChI=1S/C14H21Cl2N3/c1-18(2)10-13(19-8-6-17-7-9-19)14-11(15)4-3-5-12(14)16/h3-5,13,17H,6-10H2,1-2H3. The van der Waals surface area contributed by atoms with Crippen molar-refractivity contribution in [3.8, 4) is 0 Å². The zero-order chi connectivity index (χ0) is 13.8. The Balaban J connectivity index is 2.30. The van der Waals surface area contributed by atoms with Gasteiger partial charge in [0.25, 0.3) is 0 Å². The van der Waals surface area contributed by atoms with E-state index in [-0.39, 0.29) is 6.04 Å². The number of benzene rings is 1. The smallest absolute Gasteiger partial charge is 0.0505 e. The van der Waals surface area contributed by atoms with Crippen LogP contribution in [0.25, 0.3) is 0 Å². The molecule has 0 spiro atoms. The third-order valence-electron chi connectivity index (χ3n) is 3.46. The molecule has 1 unspecified atom stereocenters. The minimum Gasteiger partial charge on any atom is -0.314 e. The van der Waals surface area contributed by atoms with Crippen LogP contribution in [0.15, 0.2) is 18.2 Å². The zero-order valence-electron chi connectivity index (χ0n) is 11.5. The van der Waals surface area contributed by atoms with Crippen molar-refractivity contribution in [2.75, 3.05) is 46.8 Å². The van der Waals surface area contributed by atoms with Crippen molar-refractivity contribution in [1.82, 2.24) is 15.1 Å². The third kappa shape index (κ3) is 3.83. The lowest BCUT2D eigenvalue weighted by Gasteiger charge is -2.37. The third-order valence-corrected chi connectivity index (χ3v) is 4.12. The van der Waals surface area contributed by atoms with Gasteiger partial charge in [0, 0.05) is 48.3 Å². The van der Waals surface area contributed by atoms with E-state index in [0.717, 1.165) is 48.3 Å². The molecule has 0 bridgehead atoms. The number of nitrogens with zero attached hydrogens (tertiary/aromatic N) is 2. The highest BCUT2D eigenvalue weighted by Gasteiger charge is 2.26. The van der Waals surface area contributed by atoms with E-state index >= 15 is 0 Å². The van der Waals surface area contributed by atoms with Gasteiger partial charge in [-0.25, -0.2) is 0 Å². The van der Waals surface area contributed by atoms with Gasteiger partial charge in [-0.3, -0.25) is 4.90 Å². The molecular formula is C14H21Cl2N3. The number of likely N-dealkylation sites (N-methyl/N-ethyl adjacent to an activating group) is 1. The Morgan fingerprint density at radius 2 is 1.79 bits per heavy atom. The monoisotopic (exact) mass is 301 g/mol. The first-order valence-corrected chi connectivity index (χ1v) is 7.38. The molecular weight excluding hydrogens is 281 g/mol. The van der Waals surface area contributed by atoms with Crippen LogP contribution in [0.2, 0.25) is 10.0 Å². The predicted octanol–water partition coefficient (Wildman–Crippen LogP) is 2.50. The van der Waals surface area contributed by atoms with E-state index in [2.05, 4.69) is 29.2 Å². The molecule has 0 amide bonds. The minimum absolute atomic E-state index is 0.248. The highest BCUT2D eigenvalue weighted by Crippen LogP contribution is 2.34. The molecule has 1 aromatic carbocycles. The Labute approximate surface area is 125 Å². The Morgan fingerprint density at radius 3 is 2.32 bits per heavy atom. The number of hydrogen-bond acceptors (Lipinski definition) is 3. The summed E-state index contributed by atoms with van der Waals surface area (Å²) in [6.45, 7) is 5.02. The van der Waals surface area contributed by atoms with Crippen molar-refractivity contribution in [1.29, 1.82) is 0 Å². The number of nitrogens with one attached hydrogen (secondary N) is 1. The van der Waals surface area contributed by atoms with Crippen molar-refractivity contribution in [2.45, 2.75) is 6.04 Å². The fraction of sp³-hybridized carbons (Fsp3) is 0.571. The van der Waals surface area contributed by atoms with Gasteiger partial charge in [0.15, 0.2) is 0 Å². The second-order valence-corrected chi connectivity index (χ2v) is 6.01. The van der Waals surface area contributed by atoms with Gasteiger partial charge in [0.05, 0.1) is 6.04 Å². The normalized spacial score (nSPS) is 18.8. The fourth-order valence-electron chi connectivity index (χ4n) is 2.56. The van der Waals surface area contributed by atoms with Crippen LogP contribution in [0.1, 0.15) is 11.6 Å². The molecule has 2 rings (SSSR count). The van der Waals surface area contributed by atoms with Gasteiger partial charge in [-0.1, -0.05) is 29.3 Å². The zero-order valence-corrected chi connectivity index (χ0v) is 13.0. The van der Waals surface area contributed by atoms with Crippen LogP contribution in [-0.4, -0.2) is 56.6 Å². The summed E-state index contributed by atoms with van der Waals surface area (Å²) < 4.78 is 0. The maximum atomic E-state index is 6.38. The van der Waals surface area contributed by atoms with Crippen LogP contribution in [-0.2, 0) is 0 Å². The van der Waals surface area contributed by atoms with Crippen LogP contribution in [0.4, 0.5) is 0 Å². The Kier molecular flexibility index (Phi) is 5.48. The average molecular weight is 302 g/mol. The first-order valence-electron chi connectivity index (χ1n) is 6.63. The molecule has 0 aromatic heterocycles. The molecule has 3 nitrogen and oxygen atoms in total. The van der Waals surface area contributed by atoms with Crippen LogP contribution in [0.3, 0.4) is 0 Å². The van der Waals surface area contributed by atoms with Crippen LogP contribution < -0.4 is 5.32 Å². The molecule has 1 atom stereocenters. The summed E-state index contributed by atoms with van der Waals surface area (Å²) in [5.41, 5.74) is 1.06. The molecule has 0 radical (unpaired) electrons. The second-order valence-electron chi connectivity index (χ2n) is 5.20. The highest BCUT2D eigenvalue weighted by molar-refractivity contribution is 6.36. The van der Waals surface area contributed by atoms with E-state index < -0.39 is 0 Å². The highest BCUT2D eigenvalue weighted by atomic mass is 35.5. The molecule has 1 heterocycles. The van der Waals surface area contributed by atoms with Crippen LogP contribution in [0, 0.1) is 0 Å². The molecule has 1 saturated heterocycles. The first kappa shape index (κ1) is 15.1. The molecule has 1 fully saturated rings. The van der Waals surface area contributed by atoms with E-state index in [4.69, 9.17) is 23.2 Å². The summed E-state index contributed by atoms with van der Waals surface area (Å²) in [6, 6.07) is 6.00. The molecule has 0 saturated carbocycles. The number of hydrogen-bond donors (Lipinski definition) is 1. The maximum Gasteiger partial charge on any atom is 0.0505 e. The molecule has 0 aliphatic carbocycles. The summed E-state index contributed by atoms with van der Waals surface area (Å²) in [5.74, 6) is 0. The van der Waals surface area contributed by atoms with Gasteiger partial charge in [-0.05, 0) is 26.2 Å². The summed E-state index contributed by atoms with van der Waals surface area (Å²) >= 11 is 12.8. The molecule has 1 aliphatic rings. The van der Waals surface area contributed by atoms with Crippen LogP contribution >= 0.6 is 23.2 Å². The lowest BCUT2D eigenvalue weighted by molar-refractivity contribution is 0.145. The molecule has 5 heteroatoms. The molecule has 1 aliphatic heterocycles. The van der Waals surface area contributed by atoms with Crippen molar-refractivity contribution < 1.29 is 0 Å². The number of piperazine rings is 1. The average Bonchev–Trinajstić information content (AvgIpc) is 2.38. The molecule has 1 N–H and O–H groups in total. The Hall–Kier alpha value is -0.320. The minimum atomic E-state index is 0.248. The molecule has 106 valence electrons. The van der Waals surface area contributed by atoms with Crippen molar-refractivity contribution in [3.63, 3.8) is 0 Å². The SMILES string of the molecule is CN(C)CC(c1c(Cl)cccc1Cl)N1CCNCC1. The summed E-state index contributed by atoms with van der Waals surface area (Å²) in [6.07, 6.45) is 0. The van der Waals surface area contributed by atoms with E-state index in [1.54, 1.807) is 0 Å². The fourth-order valence-corrected chi connectivity index (χ4v) is 3.21. The first-order chi connectivity index (χ1) is 9.09. The quantitative estimate of drug-likeness (QED) is 0.922. The lowest BCUT2D eigenvalue weighted by atomic mass is 10.0. The lowest BCUT2D eigenvalue weighted by Crippen LogP contribution is -2.47. The summed E-state index contributed by atoms with van der Waals surface area (Å²) in [4.78, 5) is 4.65. The van der Waals surface area contributed by atoms with Crippen molar-refractivity contribution in [2.24, 2.45) is 0 Å². The van der Waals surface area contributed by atoms with Gasteiger partial charge in [-0.2, -0.15) is 0 Å². The van der Waals surface area contributed by atoms with Crippen LogP contribution in [0.5, 0.6) is 0 Å². The van der Waals surface area contributed by atoms with Gasteiger partial charge < -0.3 is 10.2 Å². The van der Waals surface area contributed by atoms with Crippen molar-refractivity contribution >= 4 is 23.2 Å². The maximum absolute atomic E-state index is 6.38. The predicted molar refractivity (Wildman–Crippen MR) is 82.2 cm³/mol. The van der Waals surface area contributed by atoms with Crippen molar-refractivity contribution in [3.05, 3.63) is 33.8 Å². The second kappa shape index (κ2) is 6.91. The molecule has 19 heavy (non-hydrogen) atoms. The van der Waals surface area contributed by atoms with Gasteiger partial charge in [-0.15, -0.1) is 0 Å². The summed E-state index contributed by atoms with van der Waals surface area (Å²) in [5, 5.41) is 4.91. The van der Waals surface area contributed by atoms with E-state index in [9.17, 15) is 0 Å².